The van der Waals surface area contributed by atoms with Crippen molar-refractivity contribution < 1.29 is 24.2 Å². The van der Waals surface area contributed by atoms with Gasteiger partial charge in [-0.1, -0.05) is 6.92 Å². The Morgan fingerprint density at radius 3 is 2.84 bits per heavy atom. The van der Waals surface area contributed by atoms with E-state index in [1.165, 1.54) is 22.4 Å². The van der Waals surface area contributed by atoms with E-state index in [1.54, 1.807) is 6.07 Å². The molecule has 1 amide bonds. The van der Waals surface area contributed by atoms with Gasteiger partial charge < -0.3 is 19.5 Å². The molecule has 1 N–H and O–H groups in total. The van der Waals surface area contributed by atoms with Crippen LogP contribution >= 0.6 is 11.3 Å². The second-order valence-electron chi connectivity index (χ2n) is 5.68. The third kappa shape index (κ3) is 3.58. The minimum Gasteiger partial charge on any atom is -0.480 e. The summed E-state index contributed by atoms with van der Waals surface area (Å²) < 4.78 is 10.6. The van der Waals surface area contributed by atoms with E-state index in [1.807, 2.05) is 26.0 Å². The van der Waals surface area contributed by atoms with Gasteiger partial charge >= 0.3 is 5.97 Å². The average molecular weight is 362 g/mol. The third-order valence-corrected chi connectivity index (χ3v) is 5.06. The molecule has 1 atom stereocenters. The van der Waals surface area contributed by atoms with Crippen LogP contribution in [-0.4, -0.2) is 46.2 Å². The molecule has 25 heavy (non-hydrogen) atoms. The number of carbonyl (C=O) groups is 2. The quantitative estimate of drug-likeness (QED) is 0.850. The van der Waals surface area contributed by atoms with E-state index >= 15 is 0 Å². The molecule has 0 spiro atoms. The summed E-state index contributed by atoms with van der Waals surface area (Å²) in [5, 5.41) is 9.73. The van der Waals surface area contributed by atoms with Crippen LogP contribution < -0.4 is 9.47 Å². The number of aliphatic carboxylic acids is 1. The van der Waals surface area contributed by atoms with Crippen molar-refractivity contribution in [1.29, 1.82) is 0 Å². The molecule has 0 fully saturated rings. The maximum atomic E-state index is 12.7. The zero-order valence-corrected chi connectivity index (χ0v) is 14.7. The minimum atomic E-state index is -1.03. The van der Waals surface area contributed by atoms with Gasteiger partial charge in [0, 0.05) is 11.6 Å². The van der Waals surface area contributed by atoms with Gasteiger partial charge in [0.25, 0.3) is 5.91 Å². The molecule has 0 radical (unpaired) electrons. The van der Waals surface area contributed by atoms with Gasteiger partial charge in [-0.2, -0.15) is 0 Å². The predicted octanol–water partition coefficient (Wildman–Crippen LogP) is 2.86. The fraction of sp³-hybridized carbons (Fsp3) is 0.353. The SMILES string of the molecule is CCC(C)N(CC(=O)O)C(=O)c1cnc(-c2ccc3c(c2)OCO3)s1. The number of carboxylic acids is 1. The number of hydrogen-bond acceptors (Lipinski definition) is 6. The number of hydrogen-bond donors (Lipinski definition) is 1. The Labute approximate surface area is 148 Å². The molecule has 0 saturated carbocycles. The monoisotopic (exact) mass is 362 g/mol. The van der Waals surface area contributed by atoms with Gasteiger partial charge in [0.05, 0.1) is 6.20 Å². The third-order valence-electron chi connectivity index (χ3n) is 4.03. The van der Waals surface area contributed by atoms with Gasteiger partial charge in [-0.05, 0) is 31.5 Å². The smallest absolute Gasteiger partial charge is 0.323 e. The molecule has 1 aromatic carbocycles. The lowest BCUT2D eigenvalue weighted by molar-refractivity contribution is -0.138. The highest BCUT2D eigenvalue weighted by Crippen LogP contribution is 2.37. The highest BCUT2D eigenvalue weighted by molar-refractivity contribution is 7.16. The van der Waals surface area contributed by atoms with Crippen LogP contribution in [0.25, 0.3) is 10.6 Å². The van der Waals surface area contributed by atoms with Gasteiger partial charge in [-0.3, -0.25) is 9.59 Å². The fourth-order valence-electron chi connectivity index (χ4n) is 2.47. The van der Waals surface area contributed by atoms with Crippen molar-refractivity contribution in [1.82, 2.24) is 9.88 Å². The summed E-state index contributed by atoms with van der Waals surface area (Å²) in [7, 11) is 0. The molecule has 0 saturated heterocycles. The first-order valence-electron chi connectivity index (χ1n) is 7.88. The van der Waals surface area contributed by atoms with Crippen LogP contribution in [0.2, 0.25) is 0 Å². The number of benzene rings is 1. The Bertz CT molecular complexity index is 804. The first-order chi connectivity index (χ1) is 12.0. The zero-order valence-electron chi connectivity index (χ0n) is 13.9. The first-order valence-corrected chi connectivity index (χ1v) is 8.70. The summed E-state index contributed by atoms with van der Waals surface area (Å²) in [6.07, 6.45) is 2.16. The predicted molar refractivity (Wildman–Crippen MR) is 92.1 cm³/mol. The second kappa shape index (κ2) is 7.10. The Morgan fingerprint density at radius 1 is 1.36 bits per heavy atom. The fourth-order valence-corrected chi connectivity index (χ4v) is 3.34. The van der Waals surface area contributed by atoms with Crippen LogP contribution in [0.4, 0.5) is 0 Å². The number of amides is 1. The highest BCUT2D eigenvalue weighted by Gasteiger charge is 2.25. The molecular formula is C17H18N2O5S. The van der Waals surface area contributed by atoms with E-state index in [-0.39, 0.29) is 25.3 Å². The standard InChI is InChI=1S/C17H18N2O5S/c1-3-10(2)19(8-15(20)21)17(22)14-7-18-16(25-14)11-4-5-12-13(6-11)24-9-23-12/h4-7,10H,3,8-9H2,1-2H3,(H,20,21). The number of carboxylic acid groups (broad SMARTS) is 1. The van der Waals surface area contributed by atoms with Gasteiger partial charge in [0.2, 0.25) is 6.79 Å². The lowest BCUT2D eigenvalue weighted by Gasteiger charge is -2.26. The Kier molecular flexibility index (Phi) is 4.89. The second-order valence-corrected chi connectivity index (χ2v) is 6.71. The van der Waals surface area contributed by atoms with Crippen molar-refractivity contribution in [3.05, 3.63) is 29.3 Å². The van der Waals surface area contributed by atoms with E-state index in [0.29, 0.717) is 27.8 Å². The van der Waals surface area contributed by atoms with Crippen molar-refractivity contribution in [2.24, 2.45) is 0 Å². The molecule has 0 bridgehead atoms. The summed E-state index contributed by atoms with van der Waals surface area (Å²) in [6, 6.07) is 5.31. The molecule has 1 aliphatic heterocycles. The normalized spacial score (nSPS) is 13.5. The van der Waals surface area contributed by atoms with Crippen LogP contribution in [0.5, 0.6) is 11.5 Å². The Balaban J connectivity index is 1.84. The van der Waals surface area contributed by atoms with E-state index in [0.717, 1.165) is 5.56 Å². The lowest BCUT2D eigenvalue weighted by atomic mass is 10.2. The van der Waals surface area contributed by atoms with Crippen molar-refractivity contribution >= 4 is 23.2 Å². The summed E-state index contributed by atoms with van der Waals surface area (Å²) in [5.41, 5.74) is 0.821. The lowest BCUT2D eigenvalue weighted by Crippen LogP contribution is -2.41. The number of aromatic nitrogens is 1. The van der Waals surface area contributed by atoms with Crippen molar-refractivity contribution in [2.45, 2.75) is 26.3 Å². The highest BCUT2D eigenvalue weighted by atomic mass is 32.1. The van der Waals surface area contributed by atoms with Crippen molar-refractivity contribution in [2.75, 3.05) is 13.3 Å². The number of nitrogens with zero attached hydrogens (tertiary/aromatic N) is 2. The first kappa shape index (κ1) is 17.2. The van der Waals surface area contributed by atoms with Crippen LogP contribution in [0.3, 0.4) is 0 Å². The molecule has 3 rings (SSSR count). The number of ether oxygens (including phenoxy) is 2. The van der Waals surface area contributed by atoms with Gasteiger partial charge in [-0.15, -0.1) is 11.3 Å². The summed E-state index contributed by atoms with van der Waals surface area (Å²) in [6.45, 7) is 3.61. The van der Waals surface area contributed by atoms with E-state index < -0.39 is 5.97 Å². The van der Waals surface area contributed by atoms with E-state index in [9.17, 15) is 9.59 Å². The minimum absolute atomic E-state index is 0.167. The van der Waals surface area contributed by atoms with Crippen LogP contribution in [0, 0.1) is 0 Å². The van der Waals surface area contributed by atoms with Crippen LogP contribution in [-0.2, 0) is 4.79 Å². The van der Waals surface area contributed by atoms with Crippen LogP contribution in [0.1, 0.15) is 29.9 Å². The van der Waals surface area contributed by atoms with Crippen molar-refractivity contribution in [3.63, 3.8) is 0 Å². The van der Waals surface area contributed by atoms with Crippen LogP contribution in [0.15, 0.2) is 24.4 Å². The number of carbonyl (C=O) groups excluding carboxylic acids is 1. The van der Waals surface area contributed by atoms with E-state index in [2.05, 4.69) is 4.98 Å². The maximum absolute atomic E-state index is 12.7. The molecular weight excluding hydrogens is 344 g/mol. The Morgan fingerprint density at radius 2 is 2.12 bits per heavy atom. The van der Waals surface area contributed by atoms with Gasteiger partial charge in [0.15, 0.2) is 11.5 Å². The summed E-state index contributed by atoms with van der Waals surface area (Å²) in [5.74, 6) is -0.0240. The van der Waals surface area contributed by atoms with E-state index in [4.69, 9.17) is 14.6 Å². The number of thiazole rings is 1. The molecule has 2 aromatic rings. The Hall–Kier alpha value is -2.61. The summed E-state index contributed by atoms with van der Waals surface area (Å²) in [4.78, 5) is 29.8. The molecule has 8 heteroatoms. The topological polar surface area (TPSA) is 89.0 Å². The number of fused-ring (bicyclic) bond motifs is 1. The van der Waals surface area contributed by atoms with Gasteiger partial charge in [-0.25, -0.2) is 4.98 Å². The molecule has 7 nitrogen and oxygen atoms in total. The largest absolute Gasteiger partial charge is 0.480 e. The molecule has 1 aliphatic rings. The number of rotatable bonds is 6. The average Bonchev–Trinajstić information content (AvgIpc) is 3.26. The summed E-state index contributed by atoms with van der Waals surface area (Å²) >= 11 is 1.23. The molecule has 132 valence electrons. The molecule has 1 aromatic heterocycles. The zero-order chi connectivity index (χ0) is 18.0. The van der Waals surface area contributed by atoms with Crippen molar-refractivity contribution in [3.8, 4) is 22.1 Å². The molecule has 0 aliphatic carbocycles. The maximum Gasteiger partial charge on any atom is 0.323 e. The van der Waals surface area contributed by atoms with Gasteiger partial charge in [0.1, 0.15) is 16.4 Å². The molecule has 2 heterocycles. The molecule has 1 unspecified atom stereocenters.